The van der Waals surface area contributed by atoms with E-state index in [2.05, 4.69) is 17.4 Å². The lowest BCUT2D eigenvalue weighted by atomic mass is 9.89. The Morgan fingerprint density at radius 3 is 2.74 bits per heavy atom. The summed E-state index contributed by atoms with van der Waals surface area (Å²) in [5.41, 5.74) is 3.57. The molecule has 1 N–H and O–H groups in total. The molecule has 4 rings (SSSR count). The highest BCUT2D eigenvalue weighted by molar-refractivity contribution is 5.56. The van der Waals surface area contributed by atoms with Crippen molar-refractivity contribution in [1.29, 1.82) is 0 Å². The second-order valence-corrected chi connectivity index (χ2v) is 5.62. The van der Waals surface area contributed by atoms with Crippen molar-refractivity contribution in [2.24, 2.45) is 0 Å². The number of hydrogen-bond donors (Lipinski definition) is 1. The fourth-order valence-corrected chi connectivity index (χ4v) is 3.38. The lowest BCUT2D eigenvalue weighted by Crippen LogP contribution is -2.30. The molecule has 0 fully saturated rings. The number of rotatable bonds is 3. The van der Waals surface area contributed by atoms with Crippen molar-refractivity contribution in [2.45, 2.75) is 12.5 Å². The van der Waals surface area contributed by atoms with Gasteiger partial charge in [-0.2, -0.15) is 0 Å². The van der Waals surface area contributed by atoms with Gasteiger partial charge in [-0.1, -0.05) is 12.1 Å². The maximum Gasteiger partial charge on any atom is 0.231 e. The normalized spacial score (nSPS) is 18.4. The van der Waals surface area contributed by atoms with Crippen LogP contribution in [0.5, 0.6) is 23.0 Å². The van der Waals surface area contributed by atoms with Crippen molar-refractivity contribution < 1.29 is 18.9 Å². The first kappa shape index (κ1) is 14.2. The molecule has 2 heterocycles. The van der Waals surface area contributed by atoms with Crippen LogP contribution in [0.25, 0.3) is 0 Å². The average molecular weight is 313 g/mol. The molecule has 0 saturated heterocycles. The highest BCUT2D eigenvalue weighted by atomic mass is 16.7. The van der Waals surface area contributed by atoms with Gasteiger partial charge in [0, 0.05) is 12.1 Å². The minimum Gasteiger partial charge on any atom is -0.493 e. The van der Waals surface area contributed by atoms with Crippen molar-refractivity contribution in [3.05, 3.63) is 47.0 Å². The Morgan fingerprint density at radius 1 is 1.04 bits per heavy atom. The van der Waals surface area contributed by atoms with Crippen LogP contribution in [0.4, 0.5) is 0 Å². The molecule has 0 saturated carbocycles. The quantitative estimate of drug-likeness (QED) is 0.944. The van der Waals surface area contributed by atoms with Gasteiger partial charge < -0.3 is 24.3 Å². The minimum absolute atomic E-state index is 0.105. The number of hydrogen-bond acceptors (Lipinski definition) is 5. The molecule has 1 atom stereocenters. The standard InChI is InChI=1S/C18H19NO4/c1-20-15-6-4-12-13(18(15)21-2)7-8-19-17(12)11-3-5-14-16(9-11)23-10-22-14/h3-6,9,17,19H,7-8,10H2,1-2H3. The van der Waals surface area contributed by atoms with Crippen LogP contribution in [0.1, 0.15) is 22.7 Å². The molecule has 1 unspecified atom stereocenters. The van der Waals surface area contributed by atoms with Crippen LogP contribution < -0.4 is 24.3 Å². The molecule has 120 valence electrons. The summed E-state index contributed by atoms with van der Waals surface area (Å²) in [6.45, 7) is 1.17. The van der Waals surface area contributed by atoms with Crippen molar-refractivity contribution in [2.75, 3.05) is 27.6 Å². The summed E-state index contributed by atoms with van der Waals surface area (Å²) in [6, 6.07) is 10.3. The summed E-state index contributed by atoms with van der Waals surface area (Å²) in [5.74, 6) is 3.21. The Bertz CT molecular complexity index is 744. The van der Waals surface area contributed by atoms with Crippen LogP contribution in [0, 0.1) is 0 Å². The highest BCUT2D eigenvalue weighted by Crippen LogP contribution is 2.41. The summed E-state index contributed by atoms with van der Waals surface area (Å²) in [7, 11) is 3.36. The topological polar surface area (TPSA) is 49.0 Å². The molecule has 2 aliphatic heterocycles. The minimum atomic E-state index is 0.105. The number of methoxy groups -OCH3 is 2. The summed E-state index contributed by atoms with van der Waals surface area (Å²) >= 11 is 0. The summed E-state index contributed by atoms with van der Waals surface area (Å²) in [6.07, 6.45) is 0.913. The first-order valence-electron chi connectivity index (χ1n) is 7.68. The molecule has 2 aromatic rings. The molecule has 5 heteroatoms. The molecule has 0 aromatic heterocycles. The van der Waals surface area contributed by atoms with Gasteiger partial charge in [-0.05, 0) is 35.7 Å². The van der Waals surface area contributed by atoms with Gasteiger partial charge in [0.15, 0.2) is 23.0 Å². The van der Waals surface area contributed by atoms with Crippen molar-refractivity contribution in [1.82, 2.24) is 5.32 Å². The molecule has 23 heavy (non-hydrogen) atoms. The average Bonchev–Trinajstić information content (AvgIpc) is 3.07. The van der Waals surface area contributed by atoms with E-state index in [1.165, 1.54) is 11.1 Å². The van der Waals surface area contributed by atoms with Gasteiger partial charge in [0.05, 0.1) is 20.3 Å². The molecule has 5 nitrogen and oxygen atoms in total. The van der Waals surface area contributed by atoms with Gasteiger partial charge in [0.1, 0.15) is 0 Å². The van der Waals surface area contributed by atoms with E-state index in [1.807, 2.05) is 18.2 Å². The Hall–Kier alpha value is -2.40. The highest BCUT2D eigenvalue weighted by Gasteiger charge is 2.27. The van der Waals surface area contributed by atoms with Crippen LogP contribution in [-0.4, -0.2) is 27.6 Å². The van der Waals surface area contributed by atoms with E-state index in [4.69, 9.17) is 18.9 Å². The molecule has 0 amide bonds. The summed E-state index contributed by atoms with van der Waals surface area (Å²) < 4.78 is 21.9. The summed E-state index contributed by atoms with van der Waals surface area (Å²) in [4.78, 5) is 0. The monoisotopic (exact) mass is 313 g/mol. The number of benzene rings is 2. The lowest BCUT2D eigenvalue weighted by molar-refractivity contribution is 0.174. The second-order valence-electron chi connectivity index (χ2n) is 5.62. The van der Waals surface area contributed by atoms with Gasteiger partial charge in [0.25, 0.3) is 0 Å². The molecule has 2 aromatic carbocycles. The maximum absolute atomic E-state index is 5.60. The van der Waals surface area contributed by atoms with Crippen LogP contribution in [0.2, 0.25) is 0 Å². The molecule has 0 bridgehead atoms. The maximum atomic E-state index is 5.60. The van der Waals surface area contributed by atoms with Crippen molar-refractivity contribution in [3.8, 4) is 23.0 Å². The first-order chi connectivity index (χ1) is 11.3. The molecule has 0 radical (unpaired) electrons. The zero-order valence-electron chi connectivity index (χ0n) is 13.2. The van der Waals surface area contributed by atoms with Crippen molar-refractivity contribution in [3.63, 3.8) is 0 Å². The predicted molar refractivity (Wildman–Crippen MR) is 85.7 cm³/mol. The van der Waals surface area contributed by atoms with E-state index in [1.54, 1.807) is 14.2 Å². The molecular weight excluding hydrogens is 294 g/mol. The zero-order chi connectivity index (χ0) is 15.8. The van der Waals surface area contributed by atoms with Crippen LogP contribution in [0.15, 0.2) is 30.3 Å². The van der Waals surface area contributed by atoms with Crippen LogP contribution in [-0.2, 0) is 6.42 Å². The third-order valence-corrected chi connectivity index (χ3v) is 4.45. The van der Waals surface area contributed by atoms with E-state index >= 15 is 0 Å². The molecule has 2 aliphatic rings. The number of fused-ring (bicyclic) bond motifs is 2. The Balaban J connectivity index is 1.79. The number of ether oxygens (including phenoxy) is 4. The van der Waals surface area contributed by atoms with E-state index in [9.17, 15) is 0 Å². The third kappa shape index (κ3) is 2.28. The van der Waals surface area contributed by atoms with Crippen LogP contribution >= 0.6 is 0 Å². The summed E-state index contributed by atoms with van der Waals surface area (Å²) in [5, 5.41) is 3.58. The second kappa shape index (κ2) is 5.66. The molecular formula is C18H19NO4. The Morgan fingerprint density at radius 2 is 1.91 bits per heavy atom. The van der Waals surface area contributed by atoms with Gasteiger partial charge in [-0.3, -0.25) is 0 Å². The zero-order valence-corrected chi connectivity index (χ0v) is 13.2. The van der Waals surface area contributed by atoms with Gasteiger partial charge >= 0.3 is 0 Å². The first-order valence-corrected chi connectivity index (χ1v) is 7.68. The molecule has 0 spiro atoms. The van der Waals surface area contributed by atoms with E-state index < -0.39 is 0 Å². The van der Waals surface area contributed by atoms with E-state index in [0.717, 1.165) is 41.5 Å². The lowest BCUT2D eigenvalue weighted by Gasteiger charge is -2.29. The van der Waals surface area contributed by atoms with E-state index in [0.29, 0.717) is 6.79 Å². The van der Waals surface area contributed by atoms with Gasteiger partial charge in [-0.15, -0.1) is 0 Å². The fraction of sp³-hybridized carbons (Fsp3) is 0.333. The Kier molecular flexibility index (Phi) is 3.50. The largest absolute Gasteiger partial charge is 0.493 e. The van der Waals surface area contributed by atoms with Gasteiger partial charge in [0.2, 0.25) is 6.79 Å². The van der Waals surface area contributed by atoms with E-state index in [-0.39, 0.29) is 6.04 Å². The smallest absolute Gasteiger partial charge is 0.231 e. The molecule has 0 aliphatic carbocycles. The van der Waals surface area contributed by atoms with Crippen molar-refractivity contribution >= 4 is 0 Å². The fourth-order valence-electron chi connectivity index (χ4n) is 3.38. The predicted octanol–water partition coefficient (Wildman–Crippen LogP) is 2.67. The number of nitrogens with one attached hydrogen (secondary N) is 1. The van der Waals surface area contributed by atoms with Gasteiger partial charge in [-0.25, -0.2) is 0 Å². The third-order valence-electron chi connectivity index (χ3n) is 4.45. The SMILES string of the molecule is COc1ccc2c(c1OC)CCNC2c1ccc2c(c1)OCO2. The Labute approximate surface area is 135 Å². The van der Waals surface area contributed by atoms with Crippen LogP contribution in [0.3, 0.4) is 0 Å².